The summed E-state index contributed by atoms with van der Waals surface area (Å²) in [6.45, 7) is 3.34. The van der Waals surface area contributed by atoms with Crippen LogP contribution in [0.4, 0.5) is 0 Å². The molecule has 0 saturated heterocycles. The zero-order valence-electron chi connectivity index (χ0n) is 27.8. The van der Waals surface area contributed by atoms with E-state index in [4.69, 9.17) is 0 Å². The van der Waals surface area contributed by atoms with E-state index in [2.05, 4.69) is 72.8 Å². The van der Waals surface area contributed by atoms with Crippen molar-refractivity contribution >= 4 is 48.6 Å². The molecule has 2 nitrogen and oxygen atoms in total. The van der Waals surface area contributed by atoms with Gasteiger partial charge < -0.3 is 34.5 Å². The molecule has 4 rings (SSSR count). The molecule has 0 unspecified atom stereocenters. The molecule has 6 radical (unpaired) electrons. The van der Waals surface area contributed by atoms with Crippen molar-refractivity contribution in [3.05, 3.63) is 151 Å². The second-order valence-corrected chi connectivity index (χ2v) is 12.8. The molecule has 0 bridgehead atoms. The Bertz CT molecular complexity index is 1110. The van der Waals surface area contributed by atoms with Crippen molar-refractivity contribution in [2.75, 3.05) is 12.3 Å². The van der Waals surface area contributed by atoms with Crippen LogP contribution in [0, 0.1) is 29.7 Å². The number of carbonyl (C=O) groups is 2. The Labute approximate surface area is 429 Å². The van der Waals surface area contributed by atoms with Crippen molar-refractivity contribution in [1.29, 1.82) is 0 Å². The zero-order valence-corrected chi connectivity index (χ0v) is 46.7. The first-order chi connectivity index (χ1) is 17.0. The van der Waals surface area contributed by atoms with Crippen LogP contribution in [0.15, 0.2) is 121 Å². The third-order valence-corrected chi connectivity index (χ3v) is 10.5. The maximum atomic E-state index is 11.4. The number of Topliss-reactive ketones (excluding diaryl/α,β-unsaturated/α-hetero) is 2. The van der Waals surface area contributed by atoms with Crippen molar-refractivity contribution in [3.8, 4) is 0 Å². The summed E-state index contributed by atoms with van der Waals surface area (Å²) >= 11 is 0. The number of ketones is 2. The van der Waals surface area contributed by atoms with E-state index in [9.17, 15) is 9.59 Å². The zero-order chi connectivity index (χ0) is 24.9. The number of benzene rings is 4. The molecule has 0 atom stereocenters. The van der Waals surface area contributed by atoms with Gasteiger partial charge in [-0.3, -0.25) is 4.79 Å². The molecule has 10 heteroatoms. The molecule has 0 aliphatic rings. The van der Waals surface area contributed by atoms with Crippen LogP contribution < -0.4 is 21.2 Å². The molecular weight excluding hydrogens is 1050 g/mol. The molecule has 45 heavy (non-hydrogen) atoms. The summed E-state index contributed by atoms with van der Waals surface area (Å²) in [6, 6.07) is 41.6. The summed E-state index contributed by atoms with van der Waals surface area (Å²) in [5, 5.41) is 5.23. The van der Waals surface area contributed by atoms with E-state index in [1.165, 1.54) is 21.2 Å². The molecule has 0 aliphatic carbocycles. The molecule has 4 aromatic rings. The molecule has 228 valence electrons. The predicted octanol–water partition coefficient (Wildman–Crippen LogP) is 7.59. The first kappa shape index (κ1) is 66.9. The molecule has 0 aromatic heterocycles. The third kappa shape index (κ3) is 27.0. The quantitative estimate of drug-likeness (QED) is 0.128. The smallest absolute Gasteiger partial charge is 0.134 e. The maximum Gasteiger partial charge on any atom is 0.134 e. The van der Waals surface area contributed by atoms with Gasteiger partial charge in [0.15, 0.2) is 0 Å². The van der Waals surface area contributed by atoms with Gasteiger partial charge in [-0.15, -0.1) is 0 Å². The second kappa shape index (κ2) is 40.5. The summed E-state index contributed by atoms with van der Waals surface area (Å²) in [5.41, 5.74) is 0. The Morgan fingerprint density at radius 3 is 0.889 bits per heavy atom. The Morgan fingerprint density at radius 2 is 0.667 bits per heavy atom. The molecule has 0 aliphatic heterocycles. The van der Waals surface area contributed by atoms with E-state index in [1.54, 1.807) is 13.8 Å². The average Bonchev–Trinajstić information content (AvgIpc) is 2.90. The number of hydrogen-bond acceptors (Lipinski definition) is 2. The van der Waals surface area contributed by atoms with Gasteiger partial charge in [-0.25, -0.2) is 0 Å². The normalized spacial score (nSPS) is 8.18. The van der Waals surface area contributed by atoms with Gasteiger partial charge in [0.1, 0.15) is 11.6 Å². The van der Waals surface area contributed by atoms with Crippen molar-refractivity contribution in [2.45, 2.75) is 20.3 Å². The predicted molar refractivity (Wildman–Crippen MR) is 180 cm³/mol. The van der Waals surface area contributed by atoms with Crippen LogP contribution >= 0.6 is 15.8 Å². The van der Waals surface area contributed by atoms with Crippen molar-refractivity contribution in [1.82, 2.24) is 0 Å². The minimum absolute atomic E-state index is 0. The fraction of sp³-hybridized carbons (Fsp3) is 0.143. The molecule has 0 spiro atoms. The van der Waals surface area contributed by atoms with Gasteiger partial charge in [-0.2, -0.15) is 0 Å². The Kier molecular flexibility index (Phi) is 60.2. The van der Waals surface area contributed by atoms with Gasteiger partial charge >= 0.3 is 0 Å². The van der Waals surface area contributed by atoms with Gasteiger partial charge in [0.05, 0.1) is 0 Å². The summed E-state index contributed by atoms with van der Waals surface area (Å²) in [4.78, 5) is 22.6. The standard InChI is InChI=1S/C16H17OP.C15H15OP.4CH3.6Y/c1-14(17)12-13-18(15-8-4-2-5-9-15)16-10-6-3-7-11-16;1-13(16)12-17(14-8-4-2-5-9-14)15-10-6-3-7-11-15;;;;;;;;;;/h2-11H,12-13H2,1H3;2-11H,12H2,1H3;4*1H3;;;;;;/q;;4*-1;;;;;;. The molecule has 0 heterocycles. The number of rotatable bonds is 9. The van der Waals surface area contributed by atoms with Crippen LogP contribution in [0.1, 0.15) is 20.3 Å². The Balaban J connectivity index is -0.0000000830. The van der Waals surface area contributed by atoms with Crippen LogP contribution in [-0.2, 0) is 206 Å². The molecule has 4 aromatic carbocycles. The molecule has 0 amide bonds. The fourth-order valence-electron chi connectivity index (χ4n) is 3.66. The summed E-state index contributed by atoms with van der Waals surface area (Å²) in [7, 11) is -0.944. The molecule has 0 N–H and O–H groups in total. The van der Waals surface area contributed by atoms with E-state index in [0.717, 1.165) is 6.16 Å². The summed E-state index contributed by atoms with van der Waals surface area (Å²) in [5.74, 6) is 0.526. The van der Waals surface area contributed by atoms with Gasteiger partial charge in [-0.05, 0) is 57.1 Å². The van der Waals surface area contributed by atoms with Crippen LogP contribution in [0.3, 0.4) is 0 Å². The van der Waals surface area contributed by atoms with E-state index in [-0.39, 0.29) is 238 Å². The van der Waals surface area contributed by atoms with Gasteiger partial charge in [0.2, 0.25) is 0 Å². The summed E-state index contributed by atoms with van der Waals surface area (Å²) in [6.07, 6.45) is 2.23. The molecular formula is C35H44O2P2Y6-4. The Hall–Kier alpha value is 3.70. The minimum atomic E-state index is -0.540. The summed E-state index contributed by atoms with van der Waals surface area (Å²) < 4.78 is 0. The third-order valence-electron chi connectivity index (χ3n) is 5.34. The maximum absolute atomic E-state index is 11.4. The van der Waals surface area contributed by atoms with E-state index < -0.39 is 15.8 Å². The number of hydrogen-bond donors (Lipinski definition) is 0. The van der Waals surface area contributed by atoms with Crippen LogP contribution in [-0.4, -0.2) is 23.9 Å². The van der Waals surface area contributed by atoms with Gasteiger partial charge in [0.25, 0.3) is 0 Å². The SMILES string of the molecule is CC(=O)CCP(c1ccccc1)c1ccccc1.CC(=O)CP(c1ccccc1)c1ccccc1.[CH3-].[CH3-].[CH3-].[CH3-].[Y].[Y].[Y].[Y].[Y].[Y]. The second-order valence-electron chi connectivity index (χ2n) is 8.23. The molecule has 0 saturated carbocycles. The van der Waals surface area contributed by atoms with Gasteiger partial charge in [0, 0.05) is 209 Å². The van der Waals surface area contributed by atoms with E-state index >= 15 is 0 Å². The van der Waals surface area contributed by atoms with Crippen LogP contribution in [0.2, 0.25) is 0 Å². The van der Waals surface area contributed by atoms with Crippen molar-refractivity contribution < 1.29 is 206 Å². The minimum Gasteiger partial charge on any atom is -0.358 e. The first-order valence-electron chi connectivity index (χ1n) is 11.8. The Morgan fingerprint density at radius 1 is 0.422 bits per heavy atom. The monoisotopic (exact) mass is 1090 g/mol. The largest absolute Gasteiger partial charge is 0.358 e. The first-order valence-corrected chi connectivity index (χ1v) is 14.8. The topological polar surface area (TPSA) is 34.1 Å². The van der Waals surface area contributed by atoms with Crippen LogP contribution in [0.25, 0.3) is 0 Å². The van der Waals surface area contributed by atoms with E-state index in [0.29, 0.717) is 12.6 Å². The van der Waals surface area contributed by atoms with Crippen molar-refractivity contribution in [3.63, 3.8) is 0 Å². The number of carbonyl (C=O) groups excluding carboxylic acids is 2. The fourth-order valence-corrected chi connectivity index (χ4v) is 8.25. The van der Waals surface area contributed by atoms with E-state index in [1.807, 2.05) is 48.5 Å². The molecule has 0 fully saturated rings. The van der Waals surface area contributed by atoms with Gasteiger partial charge in [-0.1, -0.05) is 121 Å². The average molecular weight is 1090 g/mol. The van der Waals surface area contributed by atoms with Crippen LogP contribution in [0.5, 0.6) is 0 Å². The van der Waals surface area contributed by atoms with Crippen molar-refractivity contribution in [2.24, 2.45) is 0 Å².